The molecular weight excluding hydrogens is 490 g/mol. The number of thiophene rings is 1. The SMILES string of the molecule is OC1C2=Cc3ccc([nH]3)C(c3ccccc3)=c3ccc([nH]3)=Cc3ccc(s3)C(c3ccccc3)=C(N2)C1O. The zero-order valence-corrected chi connectivity index (χ0v) is 21.2. The van der Waals surface area contributed by atoms with Gasteiger partial charge < -0.3 is 25.5 Å². The van der Waals surface area contributed by atoms with E-state index in [1.54, 1.807) is 11.3 Å². The quantitative estimate of drug-likeness (QED) is 0.247. The van der Waals surface area contributed by atoms with Crippen molar-refractivity contribution in [1.82, 2.24) is 15.3 Å². The van der Waals surface area contributed by atoms with Crippen LogP contribution in [0.25, 0.3) is 23.3 Å². The van der Waals surface area contributed by atoms with Gasteiger partial charge in [0.05, 0.1) is 5.70 Å². The number of aliphatic hydroxyl groups excluding tert-OH is 2. The van der Waals surface area contributed by atoms with Crippen LogP contribution in [0.3, 0.4) is 0 Å². The molecule has 7 rings (SSSR count). The highest BCUT2D eigenvalue weighted by atomic mass is 32.1. The summed E-state index contributed by atoms with van der Waals surface area (Å²) in [6, 6.07) is 32.7. The number of hydrogen-bond donors (Lipinski definition) is 5. The van der Waals surface area contributed by atoms with Gasteiger partial charge in [-0.25, -0.2) is 0 Å². The van der Waals surface area contributed by atoms with Crippen LogP contribution < -0.4 is 16.0 Å². The maximum atomic E-state index is 11.2. The van der Waals surface area contributed by atoms with E-state index in [1.165, 1.54) is 0 Å². The topological polar surface area (TPSA) is 84.1 Å². The fraction of sp³-hybridized carbons (Fsp3) is 0.0625. The lowest BCUT2D eigenvalue weighted by molar-refractivity contribution is 0.0817. The predicted molar refractivity (Wildman–Crippen MR) is 152 cm³/mol. The maximum Gasteiger partial charge on any atom is 0.126 e. The van der Waals surface area contributed by atoms with Crippen molar-refractivity contribution in [3.63, 3.8) is 0 Å². The summed E-state index contributed by atoms with van der Waals surface area (Å²) >= 11 is 1.65. The molecule has 0 amide bonds. The summed E-state index contributed by atoms with van der Waals surface area (Å²) in [5, 5.41) is 27.6. The molecule has 3 aromatic heterocycles. The number of nitrogens with one attached hydrogen (secondary N) is 3. The zero-order chi connectivity index (χ0) is 25.6. The third kappa shape index (κ3) is 3.96. The summed E-state index contributed by atoms with van der Waals surface area (Å²) < 4.78 is 0. The standard InChI is InChI=1S/C32H25N3O2S/c36-31-26-18-22-12-15-25(34-22)28(19-7-3-1-4-8-19)24-14-11-21(33-24)17-23-13-16-27(38-23)29(30(35-26)32(31)37)20-9-5-2-6-10-20/h1-18,31-37H. The van der Waals surface area contributed by atoms with Crippen LogP contribution in [0.5, 0.6) is 0 Å². The van der Waals surface area contributed by atoms with Gasteiger partial charge in [-0.3, -0.25) is 0 Å². The number of benzene rings is 2. The maximum absolute atomic E-state index is 11.2. The van der Waals surface area contributed by atoms with Gasteiger partial charge >= 0.3 is 0 Å². The van der Waals surface area contributed by atoms with Gasteiger partial charge in [-0.05, 0) is 59.7 Å². The molecule has 0 saturated carbocycles. The first-order valence-corrected chi connectivity index (χ1v) is 13.4. The summed E-state index contributed by atoms with van der Waals surface area (Å²) in [5.74, 6) is 0. The second-order valence-electron chi connectivity index (χ2n) is 9.51. The second-order valence-corrected chi connectivity index (χ2v) is 10.6. The van der Waals surface area contributed by atoms with Crippen molar-refractivity contribution in [2.24, 2.45) is 0 Å². The molecule has 2 atom stereocenters. The fourth-order valence-corrected chi connectivity index (χ4v) is 6.27. The first kappa shape index (κ1) is 22.8. The van der Waals surface area contributed by atoms with Gasteiger partial charge in [0.25, 0.3) is 0 Å². The van der Waals surface area contributed by atoms with Gasteiger partial charge in [0.1, 0.15) is 12.2 Å². The van der Waals surface area contributed by atoms with E-state index in [-0.39, 0.29) is 0 Å². The highest BCUT2D eigenvalue weighted by Crippen LogP contribution is 2.37. The van der Waals surface area contributed by atoms with E-state index in [2.05, 4.69) is 57.8 Å². The Hall–Kier alpha value is -4.36. The van der Waals surface area contributed by atoms with Gasteiger partial charge in [0.2, 0.25) is 0 Å². The number of aliphatic hydroxyl groups is 2. The third-order valence-corrected chi connectivity index (χ3v) is 8.07. The van der Waals surface area contributed by atoms with Crippen LogP contribution in [-0.2, 0) is 0 Å². The molecule has 2 unspecified atom stereocenters. The summed E-state index contributed by atoms with van der Waals surface area (Å²) in [7, 11) is 0. The third-order valence-electron chi connectivity index (χ3n) is 7.02. The summed E-state index contributed by atoms with van der Waals surface area (Å²) in [6.45, 7) is 0. The van der Waals surface area contributed by atoms with Crippen molar-refractivity contribution >= 4 is 34.6 Å². The molecule has 8 bridgehead atoms. The van der Waals surface area contributed by atoms with E-state index < -0.39 is 12.2 Å². The number of aromatic nitrogens is 2. The van der Waals surface area contributed by atoms with E-state index >= 15 is 0 Å². The van der Waals surface area contributed by atoms with E-state index in [9.17, 15) is 10.2 Å². The van der Waals surface area contributed by atoms with Crippen molar-refractivity contribution in [2.75, 3.05) is 0 Å². The van der Waals surface area contributed by atoms with E-state index in [1.807, 2.05) is 66.7 Å². The number of H-pyrrole nitrogens is 2. The van der Waals surface area contributed by atoms with Gasteiger partial charge in [-0.1, -0.05) is 60.7 Å². The van der Waals surface area contributed by atoms with Crippen molar-refractivity contribution in [2.45, 2.75) is 12.2 Å². The van der Waals surface area contributed by atoms with Crippen LogP contribution in [0.1, 0.15) is 32.3 Å². The van der Waals surface area contributed by atoms with Gasteiger partial charge in [0.15, 0.2) is 0 Å². The molecule has 5 heterocycles. The van der Waals surface area contributed by atoms with Crippen LogP contribution >= 0.6 is 11.3 Å². The molecule has 186 valence electrons. The molecule has 0 spiro atoms. The Morgan fingerprint density at radius 3 is 2.13 bits per heavy atom. The molecule has 5 aromatic rings. The highest BCUT2D eigenvalue weighted by Gasteiger charge is 2.35. The Morgan fingerprint density at radius 2 is 1.37 bits per heavy atom. The van der Waals surface area contributed by atoms with E-state index in [0.717, 1.165) is 54.1 Å². The van der Waals surface area contributed by atoms with Crippen LogP contribution in [0.2, 0.25) is 0 Å². The lowest BCUT2D eigenvalue weighted by Crippen LogP contribution is -2.21. The van der Waals surface area contributed by atoms with Crippen LogP contribution in [0.4, 0.5) is 0 Å². The van der Waals surface area contributed by atoms with E-state index in [0.29, 0.717) is 11.4 Å². The monoisotopic (exact) mass is 515 g/mol. The molecule has 6 heteroatoms. The predicted octanol–water partition coefficient (Wildman–Crippen LogP) is 3.92. The van der Waals surface area contributed by atoms with Crippen molar-refractivity contribution in [3.05, 3.63) is 151 Å². The highest BCUT2D eigenvalue weighted by molar-refractivity contribution is 7.14. The summed E-state index contributed by atoms with van der Waals surface area (Å²) in [5.41, 5.74) is 6.94. The first-order chi connectivity index (χ1) is 18.6. The lowest BCUT2D eigenvalue weighted by Gasteiger charge is -2.14. The number of hydrogen-bond acceptors (Lipinski definition) is 4. The Kier molecular flexibility index (Phi) is 5.51. The molecule has 2 aliphatic heterocycles. The van der Waals surface area contributed by atoms with Crippen LogP contribution in [0, 0.1) is 0 Å². The first-order valence-electron chi connectivity index (χ1n) is 12.5. The molecule has 0 radical (unpaired) electrons. The fourth-order valence-electron chi connectivity index (χ4n) is 5.23. The molecule has 5 N–H and O–H groups in total. The minimum atomic E-state index is -1.08. The van der Waals surface area contributed by atoms with Gasteiger partial charge in [0, 0.05) is 48.7 Å². The minimum absolute atomic E-state index is 0.549. The Bertz CT molecular complexity index is 1820. The van der Waals surface area contributed by atoms with Crippen molar-refractivity contribution < 1.29 is 10.2 Å². The molecule has 1 fully saturated rings. The summed E-state index contributed by atoms with van der Waals surface area (Å²) in [4.78, 5) is 9.21. The smallest absolute Gasteiger partial charge is 0.126 e. The molecule has 0 aliphatic carbocycles. The number of fused-ring (bicyclic) bond motifs is 8. The van der Waals surface area contributed by atoms with Crippen LogP contribution in [0.15, 0.2) is 108 Å². The Labute approximate surface area is 223 Å². The minimum Gasteiger partial charge on any atom is -0.384 e. The molecule has 38 heavy (non-hydrogen) atoms. The van der Waals surface area contributed by atoms with Gasteiger partial charge in [-0.15, -0.1) is 11.3 Å². The molecule has 2 aromatic carbocycles. The van der Waals surface area contributed by atoms with Gasteiger partial charge in [-0.2, -0.15) is 0 Å². The van der Waals surface area contributed by atoms with Crippen LogP contribution in [-0.4, -0.2) is 32.4 Å². The van der Waals surface area contributed by atoms with E-state index in [4.69, 9.17) is 0 Å². The van der Waals surface area contributed by atoms with Crippen molar-refractivity contribution in [1.29, 1.82) is 0 Å². The number of rotatable bonds is 2. The molecule has 5 nitrogen and oxygen atoms in total. The Balaban J connectivity index is 1.51. The Morgan fingerprint density at radius 1 is 0.632 bits per heavy atom. The summed E-state index contributed by atoms with van der Waals surface area (Å²) in [6.07, 6.45) is 1.86. The largest absolute Gasteiger partial charge is 0.384 e. The normalized spacial score (nSPS) is 18.7. The lowest BCUT2D eigenvalue weighted by atomic mass is 9.99. The number of aromatic amines is 2. The molecule has 1 saturated heterocycles. The molecular formula is C32H25N3O2S. The zero-order valence-electron chi connectivity index (χ0n) is 20.3. The van der Waals surface area contributed by atoms with Crippen molar-refractivity contribution in [3.8, 4) is 0 Å². The molecule has 2 aliphatic rings. The average molecular weight is 516 g/mol. The average Bonchev–Trinajstić information content (AvgIpc) is 3.74. The second kappa shape index (κ2) is 9.19.